The lowest BCUT2D eigenvalue weighted by Gasteiger charge is -2.15. The summed E-state index contributed by atoms with van der Waals surface area (Å²) in [5.41, 5.74) is 6.52. The predicted molar refractivity (Wildman–Crippen MR) is 148 cm³/mol. The second-order valence-corrected chi connectivity index (χ2v) is 9.07. The van der Waals surface area contributed by atoms with Crippen molar-refractivity contribution in [3.05, 3.63) is 76.6 Å². The van der Waals surface area contributed by atoms with E-state index in [1.54, 1.807) is 19.2 Å². The molecule has 0 fully saturated rings. The molecule has 3 aromatic rings. The number of carboxylic acid groups (broad SMARTS) is 1. The van der Waals surface area contributed by atoms with Gasteiger partial charge in [0.2, 0.25) is 11.7 Å². The van der Waals surface area contributed by atoms with Gasteiger partial charge in [-0.25, -0.2) is 4.79 Å². The van der Waals surface area contributed by atoms with Crippen molar-refractivity contribution in [2.45, 2.75) is 19.9 Å². The summed E-state index contributed by atoms with van der Waals surface area (Å²) in [6.45, 7) is 1.91. The number of aromatic nitrogens is 1. The Balaban J connectivity index is 1.70. The van der Waals surface area contributed by atoms with Gasteiger partial charge in [0, 0.05) is 18.9 Å². The van der Waals surface area contributed by atoms with Gasteiger partial charge >= 0.3 is 5.97 Å². The Morgan fingerprint density at radius 2 is 1.72 bits per heavy atom. The molecular weight excluding hydrogens is 500 g/mol. The molecule has 0 aliphatic heterocycles. The average Bonchev–Trinajstić information content (AvgIpc) is 3.45. The SMILES string of the molecule is COc1ccc2c(c1)C(CC(=O)NCc1cccn1C)=C(C)C2=Cc1cc(OC)c(OCC(=O)O)c(OC)c1. The lowest BCUT2D eigenvalue weighted by Crippen LogP contribution is -2.23. The normalized spacial score (nSPS) is 13.3. The number of nitrogens with zero attached hydrogens (tertiary/aromatic N) is 1. The van der Waals surface area contributed by atoms with Gasteiger partial charge < -0.3 is 33.9 Å². The third kappa shape index (κ3) is 5.93. The molecule has 9 nitrogen and oxygen atoms in total. The Kier molecular flexibility index (Phi) is 8.29. The third-order valence-corrected chi connectivity index (χ3v) is 6.69. The molecule has 39 heavy (non-hydrogen) atoms. The molecule has 0 bridgehead atoms. The number of carbonyl (C=O) groups is 2. The number of benzene rings is 2. The summed E-state index contributed by atoms with van der Waals surface area (Å²) >= 11 is 0. The number of hydrogen-bond acceptors (Lipinski definition) is 6. The van der Waals surface area contributed by atoms with Crippen LogP contribution in [-0.2, 0) is 23.2 Å². The molecule has 0 unspecified atom stereocenters. The maximum absolute atomic E-state index is 13.0. The Hall–Kier alpha value is -4.66. The molecule has 0 spiro atoms. The predicted octanol–water partition coefficient (Wildman–Crippen LogP) is 4.55. The smallest absolute Gasteiger partial charge is 0.341 e. The molecule has 1 aromatic heterocycles. The molecule has 1 heterocycles. The number of allylic oxidation sites excluding steroid dienone is 2. The van der Waals surface area contributed by atoms with E-state index in [1.165, 1.54) is 14.2 Å². The zero-order valence-electron chi connectivity index (χ0n) is 22.7. The number of nitrogens with one attached hydrogen (secondary N) is 1. The Morgan fingerprint density at radius 1 is 1.00 bits per heavy atom. The van der Waals surface area contributed by atoms with Gasteiger partial charge in [0.05, 0.1) is 34.3 Å². The van der Waals surface area contributed by atoms with Gasteiger partial charge in [0.1, 0.15) is 5.75 Å². The van der Waals surface area contributed by atoms with Crippen molar-refractivity contribution in [3.63, 3.8) is 0 Å². The van der Waals surface area contributed by atoms with Gasteiger partial charge in [-0.05, 0) is 82.8 Å². The first-order valence-corrected chi connectivity index (χ1v) is 12.3. The first kappa shape index (κ1) is 27.4. The van der Waals surface area contributed by atoms with Crippen molar-refractivity contribution in [1.29, 1.82) is 0 Å². The molecule has 0 saturated carbocycles. The first-order valence-electron chi connectivity index (χ1n) is 12.3. The minimum atomic E-state index is -1.11. The zero-order valence-corrected chi connectivity index (χ0v) is 22.7. The molecule has 0 saturated heterocycles. The third-order valence-electron chi connectivity index (χ3n) is 6.69. The largest absolute Gasteiger partial charge is 0.497 e. The lowest BCUT2D eigenvalue weighted by molar-refractivity contribution is -0.139. The quantitative estimate of drug-likeness (QED) is 0.373. The highest BCUT2D eigenvalue weighted by Crippen LogP contribution is 2.46. The summed E-state index contributed by atoms with van der Waals surface area (Å²) in [4.78, 5) is 24.0. The summed E-state index contributed by atoms with van der Waals surface area (Å²) < 4.78 is 23.8. The minimum Gasteiger partial charge on any atom is -0.497 e. The average molecular weight is 533 g/mol. The van der Waals surface area contributed by atoms with Crippen LogP contribution in [0.1, 0.15) is 35.7 Å². The van der Waals surface area contributed by atoms with E-state index in [0.29, 0.717) is 23.8 Å². The molecule has 2 N–H and O–H groups in total. The molecule has 1 aliphatic carbocycles. The topological polar surface area (TPSA) is 108 Å². The van der Waals surface area contributed by atoms with Crippen LogP contribution in [0.15, 0.2) is 54.2 Å². The van der Waals surface area contributed by atoms with Gasteiger partial charge in [0.15, 0.2) is 18.1 Å². The molecule has 0 atom stereocenters. The van der Waals surface area contributed by atoms with Crippen molar-refractivity contribution in [3.8, 4) is 23.0 Å². The van der Waals surface area contributed by atoms with Crippen LogP contribution in [0.4, 0.5) is 0 Å². The molecule has 204 valence electrons. The second kappa shape index (κ2) is 11.8. The zero-order chi connectivity index (χ0) is 28.1. The van der Waals surface area contributed by atoms with Crippen LogP contribution >= 0.6 is 0 Å². The van der Waals surface area contributed by atoms with Crippen LogP contribution in [0.5, 0.6) is 23.0 Å². The number of aliphatic carboxylic acids is 1. The number of rotatable bonds is 11. The fourth-order valence-electron chi connectivity index (χ4n) is 4.63. The van der Waals surface area contributed by atoms with Crippen LogP contribution in [-0.4, -0.2) is 49.5 Å². The molecular formula is C30H32N2O7. The highest BCUT2D eigenvalue weighted by molar-refractivity contribution is 6.08. The van der Waals surface area contributed by atoms with Gasteiger partial charge in [-0.1, -0.05) is 6.07 Å². The van der Waals surface area contributed by atoms with Crippen molar-refractivity contribution in [2.75, 3.05) is 27.9 Å². The number of fused-ring (bicyclic) bond motifs is 1. The maximum atomic E-state index is 13.0. The highest BCUT2D eigenvalue weighted by Gasteiger charge is 2.26. The maximum Gasteiger partial charge on any atom is 0.341 e. The van der Waals surface area contributed by atoms with Crippen molar-refractivity contribution < 1.29 is 33.6 Å². The van der Waals surface area contributed by atoms with Crippen molar-refractivity contribution in [2.24, 2.45) is 7.05 Å². The minimum absolute atomic E-state index is 0.0798. The number of carboxylic acids is 1. The molecule has 1 amide bonds. The van der Waals surface area contributed by atoms with Crippen LogP contribution < -0.4 is 24.3 Å². The summed E-state index contributed by atoms with van der Waals surface area (Å²) in [5, 5.41) is 12.0. The van der Waals surface area contributed by atoms with Gasteiger partial charge in [-0.3, -0.25) is 4.79 Å². The Labute approximate surface area is 227 Å². The standard InChI is InChI=1S/C30H32N2O7/c1-18-23(11-19-12-26(37-4)30(27(13-19)38-5)39-17-29(34)35)22-9-8-21(36-3)14-25(22)24(18)15-28(33)31-16-20-7-6-10-32(20)2/h6-14H,15-17H2,1-5H3,(H,31,33)(H,34,35). The van der Waals surface area contributed by atoms with Gasteiger partial charge in [-0.15, -0.1) is 0 Å². The van der Waals surface area contributed by atoms with E-state index in [9.17, 15) is 9.59 Å². The number of ether oxygens (including phenoxy) is 4. The number of methoxy groups -OCH3 is 3. The highest BCUT2D eigenvalue weighted by atomic mass is 16.5. The van der Waals surface area contributed by atoms with Crippen molar-refractivity contribution >= 4 is 29.1 Å². The van der Waals surface area contributed by atoms with Gasteiger partial charge in [-0.2, -0.15) is 0 Å². The van der Waals surface area contributed by atoms with Crippen LogP contribution in [0.2, 0.25) is 0 Å². The van der Waals surface area contributed by atoms with E-state index in [4.69, 9.17) is 24.1 Å². The van der Waals surface area contributed by atoms with E-state index in [2.05, 4.69) is 5.32 Å². The molecule has 1 aliphatic rings. The van der Waals surface area contributed by atoms with E-state index in [0.717, 1.165) is 39.1 Å². The van der Waals surface area contributed by atoms with Crippen LogP contribution in [0.25, 0.3) is 17.2 Å². The molecule has 0 radical (unpaired) electrons. The number of hydrogen-bond donors (Lipinski definition) is 2. The monoisotopic (exact) mass is 532 g/mol. The van der Waals surface area contributed by atoms with E-state index < -0.39 is 12.6 Å². The lowest BCUT2D eigenvalue weighted by atomic mass is 10.00. The number of carbonyl (C=O) groups excluding carboxylic acids is 1. The summed E-state index contributed by atoms with van der Waals surface area (Å²) in [6.07, 6.45) is 4.14. The van der Waals surface area contributed by atoms with E-state index in [-0.39, 0.29) is 18.1 Å². The van der Waals surface area contributed by atoms with E-state index >= 15 is 0 Å². The van der Waals surface area contributed by atoms with Crippen molar-refractivity contribution in [1.82, 2.24) is 9.88 Å². The molecule has 2 aromatic carbocycles. The molecule has 4 rings (SSSR count). The fourth-order valence-corrected chi connectivity index (χ4v) is 4.63. The fraction of sp³-hybridized carbons (Fsp3) is 0.267. The van der Waals surface area contributed by atoms with Crippen LogP contribution in [0.3, 0.4) is 0 Å². The van der Waals surface area contributed by atoms with Crippen LogP contribution in [0, 0.1) is 0 Å². The van der Waals surface area contributed by atoms with E-state index in [1.807, 2.05) is 61.1 Å². The summed E-state index contributed by atoms with van der Waals surface area (Å²) in [7, 11) is 6.52. The number of amides is 1. The molecule has 9 heteroatoms. The first-order chi connectivity index (χ1) is 18.7. The number of aryl methyl sites for hydroxylation is 1. The van der Waals surface area contributed by atoms with Gasteiger partial charge in [0.25, 0.3) is 0 Å². The Bertz CT molecular complexity index is 1440. The Morgan fingerprint density at radius 3 is 2.31 bits per heavy atom. The summed E-state index contributed by atoms with van der Waals surface area (Å²) in [5.74, 6) is 0.416. The summed E-state index contributed by atoms with van der Waals surface area (Å²) in [6, 6.07) is 13.3. The second-order valence-electron chi connectivity index (χ2n) is 9.07.